The number of benzene rings is 3. The van der Waals surface area contributed by atoms with Gasteiger partial charge in [-0.1, -0.05) is 18.2 Å². The summed E-state index contributed by atoms with van der Waals surface area (Å²) in [6.45, 7) is 4.48. The minimum absolute atomic E-state index is 0.996. The molecule has 0 bridgehead atoms. The van der Waals surface area contributed by atoms with Gasteiger partial charge in [0.15, 0.2) is 6.20 Å². The highest BCUT2D eigenvalue weighted by atomic mass is 32.1. The molecule has 0 aliphatic rings. The minimum Gasteiger partial charge on any atom is -0.307 e. The zero-order valence-corrected chi connectivity index (χ0v) is 16.4. The van der Waals surface area contributed by atoms with Crippen molar-refractivity contribution >= 4 is 61.6 Å². The quantitative estimate of drug-likeness (QED) is 0.152. The Bertz CT molecular complexity index is 1560. The zero-order valence-electron chi connectivity index (χ0n) is 15.5. The summed E-state index contributed by atoms with van der Waals surface area (Å²) < 4.78 is 4.72. The molecule has 3 heterocycles. The van der Waals surface area contributed by atoms with Gasteiger partial charge in [0.05, 0.1) is 27.3 Å². The lowest BCUT2D eigenvalue weighted by Crippen LogP contribution is -2.29. The lowest BCUT2D eigenvalue weighted by molar-refractivity contribution is -0.643. The van der Waals surface area contributed by atoms with Gasteiger partial charge in [-0.2, -0.15) is 0 Å². The van der Waals surface area contributed by atoms with Crippen molar-refractivity contribution in [3.05, 3.63) is 65.9 Å². The third-order valence-corrected chi connectivity index (χ3v) is 6.41. The van der Waals surface area contributed by atoms with Crippen LogP contribution in [0.2, 0.25) is 0 Å². The van der Waals surface area contributed by atoms with Crippen molar-refractivity contribution in [3.8, 4) is 0 Å². The molecule has 6 rings (SSSR count). The first-order valence-corrected chi connectivity index (χ1v) is 9.70. The normalized spacial score (nSPS) is 12.4. The van der Waals surface area contributed by atoms with Gasteiger partial charge >= 0.3 is 0 Å². The van der Waals surface area contributed by atoms with Crippen LogP contribution in [-0.2, 0) is 7.05 Å². The van der Waals surface area contributed by atoms with Gasteiger partial charge in [-0.15, -0.1) is 12.6 Å². The van der Waals surface area contributed by atoms with Gasteiger partial charge in [0.2, 0.25) is 5.52 Å². The third kappa shape index (κ3) is 1.75. The van der Waals surface area contributed by atoms with Gasteiger partial charge in [0, 0.05) is 21.7 Å². The highest BCUT2D eigenvalue weighted by Crippen LogP contribution is 2.41. The van der Waals surface area contributed by atoms with E-state index in [1.807, 2.05) is 0 Å². The molecule has 0 aliphatic carbocycles. The van der Waals surface area contributed by atoms with Gasteiger partial charge in [-0.3, -0.25) is 0 Å². The SMILES string of the molecule is Cc1cc2c3ccccc3n3c4cc(S)cc5cc[n+](C)c(c(c1C)c23)c54. The second kappa shape index (κ2) is 4.93. The maximum Gasteiger partial charge on any atom is 0.224 e. The largest absolute Gasteiger partial charge is 0.307 e. The van der Waals surface area contributed by atoms with E-state index in [0.717, 1.165) is 4.90 Å². The number of para-hydroxylation sites is 1. The summed E-state index contributed by atoms with van der Waals surface area (Å²) in [7, 11) is 2.15. The molecule has 6 aromatic rings. The summed E-state index contributed by atoms with van der Waals surface area (Å²) in [5.74, 6) is 0. The fraction of sp³-hybridized carbons (Fsp3) is 0.125. The van der Waals surface area contributed by atoms with Crippen LogP contribution in [0.4, 0.5) is 0 Å². The first kappa shape index (κ1) is 15.3. The molecule has 0 unspecified atom stereocenters. The van der Waals surface area contributed by atoms with Gasteiger partial charge < -0.3 is 4.40 Å². The van der Waals surface area contributed by atoms with E-state index < -0.39 is 0 Å². The van der Waals surface area contributed by atoms with Crippen molar-refractivity contribution in [1.82, 2.24) is 4.40 Å². The lowest BCUT2D eigenvalue weighted by atomic mass is 9.96. The van der Waals surface area contributed by atoms with Crippen LogP contribution in [0.25, 0.3) is 49.0 Å². The van der Waals surface area contributed by atoms with E-state index in [0.29, 0.717) is 0 Å². The molecule has 0 fully saturated rings. The van der Waals surface area contributed by atoms with E-state index in [1.165, 1.54) is 60.1 Å². The van der Waals surface area contributed by atoms with Crippen molar-refractivity contribution in [3.63, 3.8) is 0 Å². The summed E-state index contributed by atoms with van der Waals surface area (Å²) >= 11 is 4.71. The molecule has 2 nitrogen and oxygen atoms in total. The van der Waals surface area contributed by atoms with Gasteiger partial charge in [-0.25, -0.2) is 4.57 Å². The molecule has 0 aliphatic heterocycles. The maximum absolute atomic E-state index is 4.71. The zero-order chi connectivity index (χ0) is 18.4. The van der Waals surface area contributed by atoms with Gasteiger partial charge in [0.1, 0.15) is 7.05 Å². The van der Waals surface area contributed by atoms with Crippen molar-refractivity contribution in [2.24, 2.45) is 7.05 Å². The van der Waals surface area contributed by atoms with Gasteiger partial charge in [-0.05, 0) is 54.6 Å². The number of hydrogen-bond acceptors (Lipinski definition) is 1. The predicted octanol–water partition coefficient (Wildman–Crippen LogP) is 5.72. The minimum atomic E-state index is 0.996. The Morgan fingerprint density at radius 3 is 2.56 bits per heavy atom. The smallest absolute Gasteiger partial charge is 0.224 e. The predicted molar refractivity (Wildman–Crippen MR) is 117 cm³/mol. The van der Waals surface area contributed by atoms with E-state index in [9.17, 15) is 0 Å². The Morgan fingerprint density at radius 1 is 0.889 bits per heavy atom. The Hall–Kier alpha value is -2.78. The number of nitrogens with zero attached hydrogens (tertiary/aromatic N) is 2. The maximum atomic E-state index is 4.71. The molecule has 0 radical (unpaired) electrons. The van der Waals surface area contributed by atoms with Crippen molar-refractivity contribution in [2.45, 2.75) is 18.7 Å². The summed E-state index contributed by atoms with van der Waals surface area (Å²) in [4.78, 5) is 0.996. The number of fused-ring (bicyclic) bond motifs is 5. The van der Waals surface area contributed by atoms with Crippen LogP contribution in [0, 0.1) is 13.8 Å². The number of thiol groups is 1. The molecule has 0 atom stereocenters. The molecule has 0 spiro atoms. The van der Waals surface area contributed by atoms with Crippen molar-refractivity contribution < 1.29 is 4.57 Å². The fourth-order valence-electron chi connectivity index (χ4n) is 4.84. The van der Waals surface area contributed by atoms with E-state index in [4.69, 9.17) is 12.6 Å². The third-order valence-electron chi connectivity index (χ3n) is 6.16. The number of aromatic nitrogens is 2. The topological polar surface area (TPSA) is 8.29 Å². The van der Waals surface area contributed by atoms with E-state index in [2.05, 4.69) is 84.6 Å². The van der Waals surface area contributed by atoms with E-state index in [-0.39, 0.29) is 0 Å². The molecule has 0 N–H and O–H groups in total. The van der Waals surface area contributed by atoms with Crippen LogP contribution in [0.3, 0.4) is 0 Å². The summed E-state index contributed by atoms with van der Waals surface area (Å²) in [5.41, 5.74) is 7.80. The number of aryl methyl sites for hydroxylation is 3. The Kier molecular flexibility index (Phi) is 2.79. The average Bonchev–Trinajstić information content (AvgIpc) is 2.98. The summed E-state index contributed by atoms with van der Waals surface area (Å²) in [6, 6.07) is 17.7. The number of pyridine rings is 2. The van der Waals surface area contributed by atoms with Crippen LogP contribution in [0.5, 0.6) is 0 Å². The molecule has 0 saturated heterocycles. The van der Waals surface area contributed by atoms with Crippen LogP contribution in [0.15, 0.2) is 59.6 Å². The van der Waals surface area contributed by atoms with Crippen molar-refractivity contribution in [2.75, 3.05) is 0 Å². The first-order chi connectivity index (χ1) is 13.1. The van der Waals surface area contributed by atoms with Crippen LogP contribution < -0.4 is 4.57 Å². The fourth-order valence-corrected chi connectivity index (χ4v) is 5.10. The molecule has 3 aromatic carbocycles. The Balaban J connectivity index is 2.17. The van der Waals surface area contributed by atoms with E-state index >= 15 is 0 Å². The van der Waals surface area contributed by atoms with Crippen LogP contribution in [0.1, 0.15) is 11.1 Å². The Morgan fingerprint density at radius 2 is 1.70 bits per heavy atom. The second-order valence-electron chi connectivity index (χ2n) is 7.65. The summed E-state index contributed by atoms with van der Waals surface area (Å²) in [5, 5.41) is 6.54. The Labute approximate surface area is 162 Å². The molecule has 3 heteroatoms. The number of hydrogen-bond donors (Lipinski definition) is 1. The van der Waals surface area contributed by atoms with Gasteiger partial charge in [0.25, 0.3) is 0 Å². The molecule has 130 valence electrons. The van der Waals surface area contributed by atoms with Crippen LogP contribution >= 0.6 is 12.6 Å². The van der Waals surface area contributed by atoms with Crippen LogP contribution in [-0.4, -0.2) is 4.40 Å². The summed E-state index contributed by atoms with van der Waals surface area (Å²) in [6.07, 6.45) is 2.17. The van der Waals surface area contributed by atoms with E-state index in [1.54, 1.807) is 0 Å². The standard InChI is InChI=1S/C24H18N2S/c1-13-10-18-17-6-4-5-7-19(17)26-20-12-16(27)11-15-8-9-25(3)24(22(15)20)21(14(13)2)23(18)26/h4-12H,1-3H3/p+1. The highest BCUT2D eigenvalue weighted by Gasteiger charge is 2.24. The molecule has 0 saturated carbocycles. The monoisotopic (exact) mass is 367 g/mol. The highest BCUT2D eigenvalue weighted by molar-refractivity contribution is 7.80. The molecular weight excluding hydrogens is 348 g/mol. The second-order valence-corrected chi connectivity index (χ2v) is 8.16. The molecule has 3 aromatic heterocycles. The first-order valence-electron chi connectivity index (χ1n) is 9.25. The average molecular weight is 367 g/mol. The molecular formula is C24H19N2S+. The molecule has 0 amide bonds. The lowest BCUT2D eigenvalue weighted by Gasteiger charge is -2.14. The number of rotatable bonds is 0. The van der Waals surface area contributed by atoms with Crippen molar-refractivity contribution in [1.29, 1.82) is 0 Å². The molecule has 27 heavy (non-hydrogen) atoms.